The van der Waals surface area contributed by atoms with E-state index in [4.69, 9.17) is 4.74 Å². The van der Waals surface area contributed by atoms with E-state index in [1.807, 2.05) is 6.92 Å². The quantitative estimate of drug-likeness (QED) is 0.811. The van der Waals surface area contributed by atoms with Gasteiger partial charge in [-0.15, -0.1) is 0 Å². The largest absolute Gasteiger partial charge is 0.481 e. The highest BCUT2D eigenvalue weighted by Crippen LogP contribution is 2.18. The van der Waals surface area contributed by atoms with Crippen LogP contribution in [0.5, 0.6) is 5.88 Å². The van der Waals surface area contributed by atoms with Crippen molar-refractivity contribution in [2.75, 3.05) is 19.0 Å². The molecule has 1 heterocycles. The molecule has 0 aromatic carbocycles. The van der Waals surface area contributed by atoms with Gasteiger partial charge in [0.25, 0.3) is 0 Å². The SMILES string of the molecule is COc1cc(NCC(C)(O)CC(C)C)nc(C)n1. The van der Waals surface area contributed by atoms with E-state index in [9.17, 15) is 5.11 Å². The number of nitrogens with zero attached hydrogens (tertiary/aromatic N) is 2. The molecule has 0 fully saturated rings. The standard InChI is InChI=1S/C13H23N3O2/c1-9(2)7-13(4,17)8-14-11-6-12(18-5)16-10(3)15-11/h6,9,17H,7-8H2,1-5H3,(H,14,15,16). The van der Waals surface area contributed by atoms with E-state index in [1.54, 1.807) is 20.1 Å². The van der Waals surface area contributed by atoms with Crippen LogP contribution >= 0.6 is 0 Å². The minimum absolute atomic E-state index is 0.448. The Morgan fingerprint density at radius 3 is 2.67 bits per heavy atom. The number of ether oxygens (including phenoxy) is 1. The Kier molecular flexibility index (Phi) is 4.90. The zero-order valence-electron chi connectivity index (χ0n) is 11.8. The van der Waals surface area contributed by atoms with Gasteiger partial charge in [-0.2, -0.15) is 4.98 Å². The maximum atomic E-state index is 10.2. The maximum Gasteiger partial charge on any atom is 0.218 e. The van der Waals surface area contributed by atoms with Crippen LogP contribution in [0.1, 0.15) is 33.0 Å². The lowest BCUT2D eigenvalue weighted by atomic mass is 9.94. The summed E-state index contributed by atoms with van der Waals surface area (Å²) >= 11 is 0. The predicted octanol–water partition coefficient (Wildman–Crippen LogP) is 2.00. The summed E-state index contributed by atoms with van der Waals surface area (Å²) in [5.41, 5.74) is -0.750. The van der Waals surface area contributed by atoms with Gasteiger partial charge >= 0.3 is 0 Å². The number of aromatic nitrogens is 2. The summed E-state index contributed by atoms with van der Waals surface area (Å²) in [5, 5.41) is 13.3. The summed E-state index contributed by atoms with van der Waals surface area (Å²) < 4.78 is 5.08. The highest BCUT2D eigenvalue weighted by Gasteiger charge is 2.21. The van der Waals surface area contributed by atoms with Gasteiger partial charge in [0.05, 0.1) is 12.7 Å². The Hall–Kier alpha value is -1.36. The zero-order valence-corrected chi connectivity index (χ0v) is 11.8. The molecular weight excluding hydrogens is 230 g/mol. The summed E-state index contributed by atoms with van der Waals surface area (Å²) in [4.78, 5) is 8.36. The molecule has 1 aromatic heterocycles. The second-order valence-corrected chi connectivity index (χ2v) is 5.29. The molecule has 0 amide bonds. The van der Waals surface area contributed by atoms with Gasteiger partial charge in [-0.1, -0.05) is 13.8 Å². The van der Waals surface area contributed by atoms with E-state index in [0.29, 0.717) is 30.0 Å². The molecule has 0 saturated heterocycles. The van der Waals surface area contributed by atoms with Crippen LogP contribution < -0.4 is 10.1 Å². The molecule has 18 heavy (non-hydrogen) atoms. The number of rotatable bonds is 6. The van der Waals surface area contributed by atoms with Crippen LogP contribution in [-0.4, -0.2) is 34.3 Å². The number of methoxy groups -OCH3 is 1. The first-order valence-electron chi connectivity index (χ1n) is 6.18. The number of nitrogens with one attached hydrogen (secondary N) is 1. The summed E-state index contributed by atoms with van der Waals surface area (Å²) in [5.74, 6) is 2.28. The molecule has 0 radical (unpaired) electrons. The minimum Gasteiger partial charge on any atom is -0.481 e. The molecule has 102 valence electrons. The number of hydrogen-bond acceptors (Lipinski definition) is 5. The molecule has 1 aromatic rings. The topological polar surface area (TPSA) is 67.3 Å². The van der Waals surface area contributed by atoms with E-state index >= 15 is 0 Å². The third-order valence-electron chi connectivity index (χ3n) is 2.52. The van der Waals surface area contributed by atoms with Crippen molar-refractivity contribution in [1.82, 2.24) is 9.97 Å². The zero-order chi connectivity index (χ0) is 13.8. The van der Waals surface area contributed by atoms with Crippen molar-refractivity contribution in [1.29, 1.82) is 0 Å². The van der Waals surface area contributed by atoms with Crippen LogP contribution in [0, 0.1) is 12.8 Å². The van der Waals surface area contributed by atoms with E-state index in [1.165, 1.54) is 0 Å². The van der Waals surface area contributed by atoms with E-state index in [0.717, 1.165) is 6.42 Å². The van der Waals surface area contributed by atoms with Gasteiger partial charge in [-0.25, -0.2) is 4.98 Å². The molecule has 1 unspecified atom stereocenters. The van der Waals surface area contributed by atoms with Gasteiger partial charge < -0.3 is 15.2 Å². The third-order valence-corrected chi connectivity index (χ3v) is 2.52. The summed E-state index contributed by atoms with van der Waals surface area (Å²) in [6.45, 7) is 8.26. The van der Waals surface area contributed by atoms with Crippen molar-refractivity contribution in [3.63, 3.8) is 0 Å². The van der Waals surface area contributed by atoms with E-state index in [2.05, 4.69) is 29.1 Å². The van der Waals surface area contributed by atoms with E-state index in [-0.39, 0.29) is 0 Å². The van der Waals surface area contributed by atoms with Crippen LogP contribution in [0.25, 0.3) is 0 Å². The van der Waals surface area contributed by atoms with Crippen molar-refractivity contribution in [2.45, 2.75) is 39.7 Å². The van der Waals surface area contributed by atoms with Gasteiger partial charge in [-0.3, -0.25) is 0 Å². The molecule has 1 rings (SSSR count). The Morgan fingerprint density at radius 1 is 1.44 bits per heavy atom. The molecule has 5 heteroatoms. The predicted molar refractivity (Wildman–Crippen MR) is 71.9 cm³/mol. The fraction of sp³-hybridized carbons (Fsp3) is 0.692. The molecule has 0 saturated carbocycles. The second-order valence-electron chi connectivity index (χ2n) is 5.29. The van der Waals surface area contributed by atoms with Gasteiger partial charge in [0.15, 0.2) is 0 Å². The lowest BCUT2D eigenvalue weighted by Gasteiger charge is -2.25. The van der Waals surface area contributed by atoms with Gasteiger partial charge in [-0.05, 0) is 26.2 Å². The Balaban J connectivity index is 2.65. The van der Waals surface area contributed by atoms with Gasteiger partial charge in [0.1, 0.15) is 11.6 Å². The van der Waals surface area contributed by atoms with Crippen LogP contribution in [0.2, 0.25) is 0 Å². The lowest BCUT2D eigenvalue weighted by molar-refractivity contribution is 0.0514. The fourth-order valence-electron chi connectivity index (χ4n) is 1.97. The maximum absolute atomic E-state index is 10.2. The fourth-order valence-corrected chi connectivity index (χ4v) is 1.97. The number of aliphatic hydroxyl groups is 1. The minimum atomic E-state index is -0.750. The summed E-state index contributed by atoms with van der Waals surface area (Å²) in [6.07, 6.45) is 0.737. The first-order chi connectivity index (χ1) is 8.32. The molecule has 0 spiro atoms. The molecule has 0 aliphatic heterocycles. The summed E-state index contributed by atoms with van der Waals surface area (Å²) in [7, 11) is 1.57. The number of aryl methyl sites for hydroxylation is 1. The van der Waals surface area contributed by atoms with Crippen LogP contribution in [-0.2, 0) is 0 Å². The number of anilines is 1. The highest BCUT2D eigenvalue weighted by molar-refractivity contribution is 5.38. The van der Waals surface area contributed by atoms with Gasteiger partial charge in [0, 0.05) is 12.6 Å². The van der Waals surface area contributed by atoms with Crippen molar-refractivity contribution >= 4 is 5.82 Å². The molecule has 2 N–H and O–H groups in total. The molecule has 0 bridgehead atoms. The molecule has 1 atom stereocenters. The van der Waals surface area contributed by atoms with Crippen molar-refractivity contribution in [3.05, 3.63) is 11.9 Å². The molecule has 5 nitrogen and oxygen atoms in total. The van der Waals surface area contributed by atoms with Gasteiger partial charge in [0.2, 0.25) is 5.88 Å². The molecule has 0 aliphatic rings. The number of hydrogen-bond donors (Lipinski definition) is 2. The second kappa shape index (κ2) is 6.00. The lowest BCUT2D eigenvalue weighted by Crippen LogP contribution is -2.35. The normalized spacial score (nSPS) is 14.4. The Labute approximate surface area is 109 Å². The van der Waals surface area contributed by atoms with Crippen molar-refractivity contribution in [2.24, 2.45) is 5.92 Å². The smallest absolute Gasteiger partial charge is 0.218 e. The molecular formula is C13H23N3O2. The van der Waals surface area contributed by atoms with Crippen LogP contribution in [0.4, 0.5) is 5.82 Å². The van der Waals surface area contributed by atoms with Crippen molar-refractivity contribution < 1.29 is 9.84 Å². The first-order valence-corrected chi connectivity index (χ1v) is 6.18. The Bertz CT molecular complexity index is 392. The van der Waals surface area contributed by atoms with Crippen LogP contribution in [0.3, 0.4) is 0 Å². The monoisotopic (exact) mass is 253 g/mol. The third kappa shape index (κ3) is 4.87. The van der Waals surface area contributed by atoms with Crippen LogP contribution in [0.15, 0.2) is 6.07 Å². The first kappa shape index (κ1) is 14.7. The van der Waals surface area contributed by atoms with Crippen molar-refractivity contribution in [3.8, 4) is 5.88 Å². The van der Waals surface area contributed by atoms with E-state index < -0.39 is 5.60 Å². The highest BCUT2D eigenvalue weighted by atomic mass is 16.5. The summed E-state index contributed by atoms with van der Waals surface area (Å²) in [6, 6.07) is 1.72. The molecule has 0 aliphatic carbocycles. The Morgan fingerprint density at radius 2 is 2.11 bits per heavy atom. The average Bonchev–Trinajstić information content (AvgIpc) is 2.24. The average molecular weight is 253 g/mol.